The van der Waals surface area contributed by atoms with Crippen molar-refractivity contribution in [3.8, 4) is 11.5 Å². The Hall–Kier alpha value is -0.890. The number of benzene rings is 1. The van der Waals surface area contributed by atoms with E-state index >= 15 is 0 Å². The summed E-state index contributed by atoms with van der Waals surface area (Å²) in [5.41, 5.74) is 0. The fraction of sp³-hybridized carbons (Fsp3) is 0. The van der Waals surface area contributed by atoms with Gasteiger partial charge < -0.3 is 5.11 Å². The lowest BCUT2D eigenvalue weighted by atomic mass is 10.3. The molecule has 0 fully saturated rings. The van der Waals surface area contributed by atoms with Crippen LogP contribution in [0.15, 0.2) is 18.2 Å². The molecule has 1 aromatic carbocycles. The van der Waals surface area contributed by atoms with E-state index in [1.54, 1.807) is 0 Å². The fourth-order valence-electron chi connectivity index (χ4n) is 0.497. The minimum absolute atomic E-state index is 0.0509. The molecule has 0 saturated heterocycles. The third-order valence-electron chi connectivity index (χ3n) is 0.946. The lowest BCUT2D eigenvalue weighted by molar-refractivity contribution is 0.325. The molecule has 0 unspecified atom stereocenters. The Morgan fingerprint density at radius 3 is 2.56 bits per heavy atom. The van der Waals surface area contributed by atoms with Gasteiger partial charge in [-0.2, -0.15) is 0 Å². The SMILES string of the molecule is [O]c1c(O)cccc1Cl. The van der Waals surface area contributed by atoms with E-state index in [1.807, 2.05) is 0 Å². The van der Waals surface area contributed by atoms with Gasteiger partial charge in [-0.25, -0.2) is 0 Å². The first-order chi connectivity index (χ1) is 4.22. The second-order valence-corrected chi connectivity index (χ2v) is 2.00. The van der Waals surface area contributed by atoms with Gasteiger partial charge in [0.05, 0.1) is 5.02 Å². The van der Waals surface area contributed by atoms with Crippen LogP contribution in [0.25, 0.3) is 0 Å². The van der Waals surface area contributed by atoms with Gasteiger partial charge in [0, 0.05) is 0 Å². The van der Waals surface area contributed by atoms with E-state index in [-0.39, 0.29) is 10.8 Å². The van der Waals surface area contributed by atoms with Gasteiger partial charge >= 0.3 is 0 Å². The largest absolute Gasteiger partial charge is 0.504 e. The van der Waals surface area contributed by atoms with E-state index in [2.05, 4.69) is 0 Å². The van der Waals surface area contributed by atoms with Crippen LogP contribution >= 0.6 is 11.6 Å². The Labute approximate surface area is 57.3 Å². The maximum Gasteiger partial charge on any atom is 0.238 e. The molecule has 2 nitrogen and oxygen atoms in total. The summed E-state index contributed by atoms with van der Waals surface area (Å²) in [5, 5.41) is 19.3. The summed E-state index contributed by atoms with van der Waals surface area (Å²) in [6, 6.07) is 4.25. The maximum atomic E-state index is 10.6. The molecule has 1 aromatic rings. The molecule has 0 aromatic heterocycles. The van der Waals surface area contributed by atoms with E-state index in [1.165, 1.54) is 18.2 Å². The lowest BCUT2D eigenvalue weighted by Gasteiger charge is -1.92. The van der Waals surface area contributed by atoms with E-state index in [4.69, 9.17) is 16.7 Å². The Kier molecular flexibility index (Phi) is 1.49. The third-order valence-corrected chi connectivity index (χ3v) is 1.24. The zero-order valence-corrected chi connectivity index (χ0v) is 5.22. The molecule has 0 aliphatic carbocycles. The van der Waals surface area contributed by atoms with Crippen molar-refractivity contribution in [1.82, 2.24) is 0 Å². The topological polar surface area (TPSA) is 40.1 Å². The normalized spacial score (nSPS) is 9.44. The zero-order chi connectivity index (χ0) is 6.85. The number of hydrogen-bond acceptors (Lipinski definition) is 1. The third kappa shape index (κ3) is 1.08. The summed E-state index contributed by atoms with van der Waals surface area (Å²) in [6.07, 6.45) is 0. The van der Waals surface area contributed by atoms with E-state index in [9.17, 15) is 5.11 Å². The van der Waals surface area contributed by atoms with E-state index in [0.717, 1.165) is 0 Å². The van der Waals surface area contributed by atoms with Crippen molar-refractivity contribution in [2.45, 2.75) is 0 Å². The van der Waals surface area contributed by atoms with Crippen molar-refractivity contribution in [3.63, 3.8) is 0 Å². The highest BCUT2D eigenvalue weighted by atomic mass is 35.5. The minimum Gasteiger partial charge on any atom is -0.504 e. The second-order valence-electron chi connectivity index (χ2n) is 1.59. The molecule has 1 N–H and O–H groups in total. The number of halogens is 1. The van der Waals surface area contributed by atoms with Crippen LogP contribution in [0.1, 0.15) is 0 Å². The molecule has 1 radical (unpaired) electrons. The monoisotopic (exact) mass is 143 g/mol. The van der Waals surface area contributed by atoms with Crippen molar-refractivity contribution in [2.75, 3.05) is 0 Å². The highest BCUT2D eigenvalue weighted by Gasteiger charge is 2.03. The molecule has 3 heteroatoms. The smallest absolute Gasteiger partial charge is 0.238 e. The standard InChI is InChI=1S/C6H4ClO2/c7-4-2-1-3-5(8)6(4)9/h1-3,8H. The van der Waals surface area contributed by atoms with Crippen molar-refractivity contribution >= 4 is 11.6 Å². The molecule has 47 valence electrons. The zero-order valence-electron chi connectivity index (χ0n) is 4.47. The first-order valence-corrected chi connectivity index (χ1v) is 2.74. The van der Waals surface area contributed by atoms with Gasteiger partial charge in [0.15, 0.2) is 5.75 Å². The number of phenolic OH excluding ortho intramolecular Hbond substituents is 1. The average molecular weight is 144 g/mol. The van der Waals surface area contributed by atoms with Crippen LogP contribution in [-0.2, 0) is 5.11 Å². The van der Waals surface area contributed by atoms with Crippen molar-refractivity contribution in [2.24, 2.45) is 0 Å². The van der Waals surface area contributed by atoms with Gasteiger partial charge in [0.1, 0.15) is 0 Å². The van der Waals surface area contributed by atoms with Crippen molar-refractivity contribution in [3.05, 3.63) is 23.2 Å². The van der Waals surface area contributed by atoms with Gasteiger partial charge in [-0.3, -0.25) is 5.11 Å². The molecule has 0 spiro atoms. The summed E-state index contributed by atoms with van der Waals surface area (Å²) in [5.74, 6) is -0.818. The first kappa shape index (κ1) is 6.23. The van der Waals surface area contributed by atoms with Crippen molar-refractivity contribution < 1.29 is 10.2 Å². The van der Waals surface area contributed by atoms with Crippen molar-refractivity contribution in [1.29, 1.82) is 0 Å². The summed E-state index contributed by atoms with van der Waals surface area (Å²) < 4.78 is 0. The van der Waals surface area contributed by atoms with Gasteiger partial charge in [0.2, 0.25) is 5.75 Å². The molecule has 1 rings (SSSR count). The van der Waals surface area contributed by atoms with Gasteiger partial charge in [-0.1, -0.05) is 17.7 Å². The highest BCUT2D eigenvalue weighted by Crippen LogP contribution is 2.32. The van der Waals surface area contributed by atoms with Crippen LogP contribution in [0.5, 0.6) is 11.5 Å². The molecule has 0 aliphatic heterocycles. The van der Waals surface area contributed by atoms with Crippen LogP contribution in [0, 0.1) is 0 Å². The van der Waals surface area contributed by atoms with Crippen LogP contribution in [-0.4, -0.2) is 5.11 Å². The molecular formula is C6H4ClO2. The Morgan fingerprint density at radius 2 is 2.11 bits per heavy atom. The van der Waals surface area contributed by atoms with Crippen LogP contribution in [0.4, 0.5) is 0 Å². The molecule has 0 aliphatic rings. The van der Waals surface area contributed by atoms with Gasteiger partial charge in [-0.15, -0.1) is 0 Å². The molecule has 0 saturated carbocycles. The van der Waals surface area contributed by atoms with Gasteiger partial charge in [0.25, 0.3) is 0 Å². The first-order valence-electron chi connectivity index (χ1n) is 2.36. The van der Waals surface area contributed by atoms with E-state index < -0.39 is 5.75 Å². The quantitative estimate of drug-likeness (QED) is 0.594. The van der Waals surface area contributed by atoms with Crippen LogP contribution in [0.2, 0.25) is 5.02 Å². The molecule has 0 heterocycles. The maximum absolute atomic E-state index is 10.6. The number of para-hydroxylation sites is 1. The highest BCUT2D eigenvalue weighted by molar-refractivity contribution is 6.32. The summed E-state index contributed by atoms with van der Waals surface area (Å²) in [7, 11) is 0. The summed E-state index contributed by atoms with van der Waals surface area (Å²) in [4.78, 5) is 0. The molecular weight excluding hydrogens is 140 g/mol. The Morgan fingerprint density at radius 1 is 1.44 bits per heavy atom. The second kappa shape index (κ2) is 2.15. The average Bonchev–Trinajstić information content (AvgIpc) is 1.83. The number of phenols is 1. The molecule has 0 amide bonds. The fourth-order valence-corrected chi connectivity index (χ4v) is 0.667. The molecule has 0 bridgehead atoms. The lowest BCUT2D eigenvalue weighted by Crippen LogP contribution is -1.66. The number of aromatic hydroxyl groups is 1. The summed E-state index contributed by atoms with van der Waals surface area (Å²) >= 11 is 5.34. The van der Waals surface area contributed by atoms with Crippen LogP contribution in [0.3, 0.4) is 0 Å². The van der Waals surface area contributed by atoms with Crippen LogP contribution < -0.4 is 0 Å². The predicted octanol–water partition coefficient (Wildman–Crippen LogP) is 2.19. The summed E-state index contributed by atoms with van der Waals surface area (Å²) in [6.45, 7) is 0. The molecule has 0 atom stereocenters. The predicted molar refractivity (Wildman–Crippen MR) is 33.2 cm³/mol. The molecule has 9 heavy (non-hydrogen) atoms. The Balaban J connectivity index is 3.25. The minimum atomic E-state index is -0.515. The Bertz CT molecular complexity index is 202. The number of hydrogen-bond donors (Lipinski definition) is 1. The van der Waals surface area contributed by atoms with E-state index in [0.29, 0.717) is 0 Å². The van der Waals surface area contributed by atoms with Gasteiger partial charge in [-0.05, 0) is 12.1 Å². The number of rotatable bonds is 0.